The van der Waals surface area contributed by atoms with Gasteiger partial charge in [0.1, 0.15) is 4.60 Å². The predicted molar refractivity (Wildman–Crippen MR) is 217 cm³/mol. The molecule has 0 amide bonds. The van der Waals surface area contributed by atoms with Crippen LogP contribution in [0.3, 0.4) is 0 Å². The molecule has 0 radical (unpaired) electrons. The summed E-state index contributed by atoms with van der Waals surface area (Å²) in [6.45, 7) is 19.9. The van der Waals surface area contributed by atoms with Crippen molar-refractivity contribution in [2.75, 3.05) is 0 Å². The molecule has 13 heteroatoms. The topological polar surface area (TPSA) is 116 Å². The Hall–Kier alpha value is 0.393. The molecule has 5 rings (SSSR count). The van der Waals surface area contributed by atoms with Crippen molar-refractivity contribution in [3.8, 4) is 11.3 Å². The Bertz CT molecular complexity index is 1630. The van der Waals surface area contributed by atoms with E-state index in [1.54, 1.807) is 12.1 Å². The molecule has 7 nitrogen and oxygen atoms in total. The van der Waals surface area contributed by atoms with Crippen LogP contribution in [-0.2, 0) is 16.1 Å². The van der Waals surface area contributed by atoms with Crippen LogP contribution >= 0.6 is 15.9 Å². The van der Waals surface area contributed by atoms with E-state index < -0.39 is 23.3 Å². The van der Waals surface area contributed by atoms with Gasteiger partial charge in [-0.1, -0.05) is 148 Å². The molecule has 3 aromatic carbocycles. The standard InChI is InChI=1S/C15H19NSi.C9H15BO2Si.C8H10.C6H6BrN.CH2O3.2Cs.H/c1-12-5-10-15(16-11-12)13-6-8-14(9-7-13)17(2,3)4;1-13(2,3)9-6-4-8(5-7-9)10(11)12;1-2-8-6-4-3-5-7-8;1-5-2-3-6(7)8-4-5;2-1-4-3;;;/h5-11H,1-4H3;4-7,11-12H,1-3H3;3-7H,2H2,1H3;2-4H,1H3;1,3H;;;/q;;;;;2*+1;-1/p-1. The van der Waals surface area contributed by atoms with Crippen molar-refractivity contribution in [3.05, 3.63) is 137 Å². The summed E-state index contributed by atoms with van der Waals surface area (Å²) in [5.74, 6) is 0. The van der Waals surface area contributed by atoms with Crippen LogP contribution < -0.4 is 159 Å². The number of carbonyl (C=O) groups is 1. The normalized spacial score (nSPS) is 9.87. The second-order valence-electron chi connectivity index (χ2n) is 13.5. The minimum Gasteiger partial charge on any atom is -1.00 e. The van der Waals surface area contributed by atoms with Gasteiger partial charge in [0.25, 0.3) is 6.47 Å². The van der Waals surface area contributed by atoms with Crippen molar-refractivity contribution >= 4 is 61.5 Å². The zero-order valence-corrected chi connectivity index (χ0v) is 48.9. The van der Waals surface area contributed by atoms with E-state index in [4.69, 9.17) is 20.1 Å². The molecule has 0 saturated carbocycles. The van der Waals surface area contributed by atoms with Crippen LogP contribution in [0.2, 0.25) is 39.3 Å². The number of carbonyl (C=O) groups excluding carboxylic acids is 1. The van der Waals surface area contributed by atoms with E-state index in [2.05, 4.69) is 145 Å². The molecule has 0 unspecified atom stereocenters. The first-order chi connectivity index (χ1) is 23.5. The molecule has 5 aromatic rings. The molecule has 0 aliphatic carbocycles. The number of benzene rings is 3. The van der Waals surface area contributed by atoms with Crippen LogP contribution in [0.5, 0.6) is 0 Å². The van der Waals surface area contributed by atoms with E-state index in [0.717, 1.165) is 16.7 Å². The first-order valence-corrected chi connectivity index (χ1v) is 24.2. The molecule has 0 aliphatic rings. The molecule has 0 atom stereocenters. The molecule has 0 aliphatic heterocycles. The number of hydrogen-bond donors (Lipinski definition) is 2. The van der Waals surface area contributed by atoms with Gasteiger partial charge in [-0.2, -0.15) is 0 Å². The van der Waals surface area contributed by atoms with Gasteiger partial charge in [0.05, 0.1) is 21.8 Å². The summed E-state index contributed by atoms with van der Waals surface area (Å²) in [7, 11) is -3.79. The average Bonchev–Trinajstić information content (AvgIpc) is 3.10. The molecular weight excluding hydrogens is 989 g/mol. The monoisotopic (exact) mass is 1040 g/mol. The zero-order chi connectivity index (χ0) is 37.7. The van der Waals surface area contributed by atoms with Crippen molar-refractivity contribution in [1.29, 1.82) is 0 Å². The smallest absolute Gasteiger partial charge is 1.00 e. The summed E-state index contributed by atoms with van der Waals surface area (Å²) in [4.78, 5) is 19.7. The summed E-state index contributed by atoms with van der Waals surface area (Å²) in [6.07, 6.45) is 4.88. The van der Waals surface area contributed by atoms with Crippen molar-refractivity contribution < 1.29 is 164 Å². The van der Waals surface area contributed by atoms with E-state index in [-0.39, 0.29) is 146 Å². The largest absolute Gasteiger partial charge is 1.00 e. The molecule has 0 spiro atoms. The maximum absolute atomic E-state index is 8.88. The fraction of sp³-hybridized carbons (Fsp3) is 0.256. The zero-order valence-electron chi connectivity index (χ0n) is 33.7. The third kappa shape index (κ3) is 24.1. The van der Waals surface area contributed by atoms with E-state index in [9.17, 15) is 0 Å². The molecule has 2 heterocycles. The maximum Gasteiger partial charge on any atom is 1.00 e. The minimum absolute atomic E-state index is 0. The van der Waals surface area contributed by atoms with Crippen LogP contribution in [0.1, 0.15) is 25.0 Å². The van der Waals surface area contributed by atoms with Crippen LogP contribution in [0.15, 0.2) is 120 Å². The molecule has 2 N–H and O–H groups in total. The van der Waals surface area contributed by atoms with Crippen molar-refractivity contribution in [2.24, 2.45) is 0 Å². The second kappa shape index (κ2) is 29.6. The average molecular weight is 1040 g/mol. The molecule has 2 aromatic heterocycles. The molecule has 0 fully saturated rings. The van der Waals surface area contributed by atoms with Gasteiger partial charge in [0, 0.05) is 18.0 Å². The van der Waals surface area contributed by atoms with Gasteiger partial charge in [0.2, 0.25) is 0 Å². The van der Waals surface area contributed by atoms with Crippen molar-refractivity contribution in [3.63, 3.8) is 0 Å². The summed E-state index contributed by atoms with van der Waals surface area (Å²) in [6, 6.07) is 35.0. The summed E-state index contributed by atoms with van der Waals surface area (Å²) >= 11 is 3.23. The fourth-order valence-corrected chi connectivity index (χ4v) is 6.67. The number of aryl methyl sites for hydroxylation is 3. The van der Waals surface area contributed by atoms with E-state index in [1.807, 2.05) is 49.6 Å². The van der Waals surface area contributed by atoms with Crippen molar-refractivity contribution in [1.82, 2.24) is 9.97 Å². The number of pyridine rings is 2. The number of halogens is 1. The van der Waals surface area contributed by atoms with Gasteiger partial charge in [-0.3, -0.25) is 9.78 Å². The Morgan fingerprint density at radius 1 is 0.731 bits per heavy atom. The second-order valence-corrected chi connectivity index (χ2v) is 24.5. The van der Waals surface area contributed by atoms with Crippen LogP contribution in [0.25, 0.3) is 11.3 Å². The van der Waals surface area contributed by atoms with Crippen molar-refractivity contribution in [2.45, 2.75) is 66.5 Å². The molecule has 0 saturated heterocycles. The number of rotatable bonds is 6. The summed E-state index contributed by atoms with van der Waals surface area (Å²) < 4.78 is 0.892. The van der Waals surface area contributed by atoms with E-state index in [0.29, 0.717) is 5.46 Å². The minimum atomic E-state index is -1.35. The van der Waals surface area contributed by atoms with Gasteiger partial charge in [-0.15, -0.1) is 0 Å². The number of aromatic nitrogens is 2. The van der Waals surface area contributed by atoms with Crippen LogP contribution in [0, 0.1) is 13.8 Å². The summed E-state index contributed by atoms with van der Waals surface area (Å²) in [5.41, 5.74) is 6.61. The molecule has 268 valence electrons. The third-order valence-electron chi connectivity index (χ3n) is 7.20. The Labute approximate surface area is 441 Å². The van der Waals surface area contributed by atoms with E-state index in [1.165, 1.54) is 32.6 Å². The Morgan fingerprint density at radius 2 is 1.17 bits per heavy atom. The van der Waals surface area contributed by atoms with Crippen LogP contribution in [-0.4, -0.2) is 49.8 Å². The van der Waals surface area contributed by atoms with Crippen LogP contribution in [0.4, 0.5) is 0 Å². The first kappa shape index (κ1) is 54.5. The molecule has 0 bridgehead atoms. The number of nitrogens with zero attached hydrogens (tertiary/aromatic N) is 2. The third-order valence-corrected chi connectivity index (χ3v) is 11.8. The SMILES string of the molecule is CCc1ccccc1.C[Si](C)(C)c1ccc(B(O)O)cc1.Cc1ccc(-c2ccc([Si](C)(C)C)cc2)nc1.Cc1ccc(Br)nc1.O=CO[O-].[Cs+].[Cs+].[H-]. The van der Waals surface area contributed by atoms with Gasteiger partial charge in [0.15, 0.2) is 0 Å². The van der Waals surface area contributed by atoms with Gasteiger partial charge in [-0.05, 0) is 70.5 Å². The predicted octanol–water partition coefficient (Wildman–Crippen LogP) is 0.471. The summed E-state index contributed by atoms with van der Waals surface area (Å²) in [5, 5.41) is 29.0. The Kier molecular flexibility index (Phi) is 31.0. The maximum atomic E-state index is 8.88. The van der Waals surface area contributed by atoms with Gasteiger partial charge in [-0.25, -0.2) is 4.98 Å². The molecule has 52 heavy (non-hydrogen) atoms. The Balaban J connectivity index is -0.000000621. The fourth-order valence-electron chi connectivity index (χ4n) is 4.10. The van der Waals surface area contributed by atoms with Gasteiger partial charge >= 0.3 is 145 Å². The van der Waals surface area contributed by atoms with E-state index >= 15 is 0 Å². The van der Waals surface area contributed by atoms with Gasteiger partial charge < -0.3 is 21.6 Å². The quantitative estimate of drug-likeness (QED) is 0.0837. The first-order valence-electron chi connectivity index (χ1n) is 16.4. The Morgan fingerprint density at radius 3 is 1.48 bits per heavy atom. The molecular formula is C39H52BBrCs2N2O5Si2. The number of hydrogen-bond acceptors (Lipinski definition) is 7.